The van der Waals surface area contributed by atoms with Gasteiger partial charge in [0.15, 0.2) is 0 Å². The van der Waals surface area contributed by atoms with Crippen LogP contribution in [-0.4, -0.2) is 62.3 Å². The van der Waals surface area contributed by atoms with E-state index in [0.717, 1.165) is 32.3 Å². The number of hydrogen-bond acceptors (Lipinski definition) is 6. The number of allylic oxidation sites excluding steroid dienone is 4. The highest BCUT2D eigenvalue weighted by Crippen LogP contribution is 2.59. The second-order valence-electron chi connectivity index (χ2n) is 9.80. The fourth-order valence-electron chi connectivity index (χ4n) is 5.17. The molecule has 32 heavy (non-hydrogen) atoms. The Hall–Kier alpha value is -1.47. The van der Waals surface area contributed by atoms with Gasteiger partial charge in [-0.1, -0.05) is 42.4 Å². The van der Waals surface area contributed by atoms with Crippen LogP contribution in [0.3, 0.4) is 0 Å². The molecule has 3 fully saturated rings. The maximum Gasteiger partial charge on any atom is 0.320 e. The molecule has 2 heterocycles. The Morgan fingerprint density at radius 1 is 1.25 bits per heavy atom. The van der Waals surface area contributed by atoms with E-state index in [-0.39, 0.29) is 47.9 Å². The number of carbonyl (C=O) groups excluding carboxylic acids is 1. The van der Waals surface area contributed by atoms with Gasteiger partial charge >= 0.3 is 5.97 Å². The monoisotopic (exact) mass is 447 g/mol. The molecule has 0 aromatic carbocycles. The average Bonchev–Trinajstić information content (AvgIpc) is 3.65. The molecule has 0 aromatic rings. The molecule has 6 heteroatoms. The van der Waals surface area contributed by atoms with Crippen molar-refractivity contribution in [2.75, 3.05) is 26.8 Å². The minimum Gasteiger partial charge on any atom is -0.459 e. The third kappa shape index (κ3) is 5.90. The van der Waals surface area contributed by atoms with Crippen LogP contribution in [0.5, 0.6) is 0 Å². The molecule has 6 atom stereocenters. The first-order valence-corrected chi connectivity index (χ1v) is 12.0. The SMILES string of the molecule is CC/C=C(C)/C=C/CNCC(=O)O[C@@H]1CC[C@]2(CO2)[C@@H]([C@@]2(C)O[C@@H]2CC=C(C)C)[C@@H]1OC. The van der Waals surface area contributed by atoms with Crippen molar-refractivity contribution >= 4 is 5.97 Å². The third-order valence-corrected chi connectivity index (χ3v) is 6.96. The Kier molecular flexibility index (Phi) is 8.37. The van der Waals surface area contributed by atoms with E-state index in [0.29, 0.717) is 6.54 Å². The molecule has 0 unspecified atom stereocenters. The first-order chi connectivity index (χ1) is 15.3. The lowest BCUT2D eigenvalue weighted by atomic mass is 9.68. The van der Waals surface area contributed by atoms with E-state index < -0.39 is 0 Å². The highest BCUT2D eigenvalue weighted by molar-refractivity contribution is 5.72. The lowest BCUT2D eigenvalue weighted by Gasteiger charge is -2.42. The number of esters is 1. The van der Waals surface area contributed by atoms with Gasteiger partial charge in [0.25, 0.3) is 0 Å². The minimum absolute atomic E-state index is 0.0475. The minimum atomic E-state index is -0.318. The molecule has 0 radical (unpaired) electrons. The zero-order valence-electron chi connectivity index (χ0n) is 20.6. The summed E-state index contributed by atoms with van der Waals surface area (Å²) in [5.41, 5.74) is 1.99. The second kappa shape index (κ2) is 10.6. The molecule has 0 bridgehead atoms. The summed E-state index contributed by atoms with van der Waals surface area (Å²) >= 11 is 0. The van der Waals surface area contributed by atoms with Crippen LogP contribution in [0.25, 0.3) is 0 Å². The van der Waals surface area contributed by atoms with Gasteiger partial charge in [-0.3, -0.25) is 4.79 Å². The van der Waals surface area contributed by atoms with Crippen LogP contribution < -0.4 is 5.32 Å². The number of rotatable bonds is 11. The molecule has 2 aliphatic heterocycles. The number of carbonyl (C=O) groups is 1. The lowest BCUT2D eigenvalue weighted by Crippen LogP contribution is -2.56. The molecular formula is C26H41NO5. The topological polar surface area (TPSA) is 72.6 Å². The molecule has 1 N–H and O–H groups in total. The van der Waals surface area contributed by atoms with E-state index in [9.17, 15) is 4.79 Å². The molecule has 1 aliphatic carbocycles. The van der Waals surface area contributed by atoms with E-state index >= 15 is 0 Å². The zero-order valence-corrected chi connectivity index (χ0v) is 20.6. The molecule has 1 saturated carbocycles. The van der Waals surface area contributed by atoms with Crippen LogP contribution in [-0.2, 0) is 23.7 Å². The average molecular weight is 448 g/mol. The smallest absolute Gasteiger partial charge is 0.320 e. The standard InChI is InChI=1S/C26H41NO5/c1-7-9-19(4)10-8-15-27-16-22(28)31-20-13-14-26(17-30-26)24(23(20)29-6)25(5)21(32-25)12-11-18(2)3/h8-11,20-21,23-24,27H,7,12-17H2,1-6H3/b10-8+,19-9+/t20-,21-,23-,24-,25+,26+/m1/s1. The summed E-state index contributed by atoms with van der Waals surface area (Å²) in [6, 6.07) is 0. The Bertz CT molecular complexity index is 749. The van der Waals surface area contributed by atoms with Gasteiger partial charge in [-0.2, -0.15) is 0 Å². The van der Waals surface area contributed by atoms with E-state index in [1.54, 1.807) is 7.11 Å². The van der Waals surface area contributed by atoms with Crippen molar-refractivity contribution in [2.24, 2.45) is 5.92 Å². The number of hydrogen-bond donors (Lipinski definition) is 1. The maximum atomic E-state index is 12.5. The van der Waals surface area contributed by atoms with Gasteiger partial charge in [-0.05, 0) is 53.4 Å². The van der Waals surface area contributed by atoms with Crippen LogP contribution >= 0.6 is 0 Å². The molecule has 2 saturated heterocycles. The van der Waals surface area contributed by atoms with Crippen molar-refractivity contribution in [2.45, 2.75) is 89.8 Å². The first kappa shape index (κ1) is 25.2. The van der Waals surface area contributed by atoms with Crippen LogP contribution in [0.1, 0.15) is 60.3 Å². The highest BCUT2D eigenvalue weighted by atomic mass is 16.6. The Morgan fingerprint density at radius 2 is 2.00 bits per heavy atom. The summed E-state index contributed by atoms with van der Waals surface area (Å²) in [4.78, 5) is 12.5. The predicted octanol–water partition coefficient (Wildman–Crippen LogP) is 4.11. The van der Waals surface area contributed by atoms with Crippen molar-refractivity contribution in [1.82, 2.24) is 5.32 Å². The van der Waals surface area contributed by atoms with Gasteiger partial charge in [0.05, 0.1) is 25.2 Å². The summed E-state index contributed by atoms with van der Waals surface area (Å²) in [5, 5.41) is 3.14. The number of ether oxygens (including phenoxy) is 4. The van der Waals surface area contributed by atoms with Gasteiger partial charge in [0.1, 0.15) is 23.4 Å². The number of methoxy groups -OCH3 is 1. The molecular weight excluding hydrogens is 406 g/mol. The van der Waals surface area contributed by atoms with Crippen molar-refractivity contribution in [3.8, 4) is 0 Å². The van der Waals surface area contributed by atoms with Crippen molar-refractivity contribution in [3.05, 3.63) is 35.5 Å². The van der Waals surface area contributed by atoms with E-state index in [1.807, 2.05) is 6.08 Å². The summed E-state index contributed by atoms with van der Waals surface area (Å²) in [6.07, 6.45) is 11.6. The number of nitrogens with one attached hydrogen (secondary N) is 1. The normalized spacial score (nSPS) is 36.4. The van der Waals surface area contributed by atoms with Crippen molar-refractivity contribution in [1.29, 1.82) is 0 Å². The highest BCUT2D eigenvalue weighted by Gasteiger charge is 2.72. The van der Waals surface area contributed by atoms with Gasteiger partial charge in [0, 0.05) is 13.7 Å². The third-order valence-electron chi connectivity index (χ3n) is 6.96. The number of epoxide rings is 2. The van der Waals surface area contributed by atoms with Crippen molar-refractivity contribution < 1.29 is 23.7 Å². The molecule has 0 aromatic heterocycles. The summed E-state index contributed by atoms with van der Waals surface area (Å²) in [5.74, 6) is -0.202. The molecule has 1 spiro atoms. The fourth-order valence-corrected chi connectivity index (χ4v) is 5.17. The zero-order chi connectivity index (χ0) is 23.4. The molecule has 3 rings (SSSR count). The van der Waals surface area contributed by atoms with Crippen molar-refractivity contribution in [3.63, 3.8) is 0 Å². The van der Waals surface area contributed by atoms with Gasteiger partial charge < -0.3 is 24.3 Å². The largest absolute Gasteiger partial charge is 0.459 e. The quantitative estimate of drug-likeness (QED) is 0.169. The van der Waals surface area contributed by atoms with E-state index in [4.69, 9.17) is 18.9 Å². The van der Waals surface area contributed by atoms with Crippen LogP contribution in [0.15, 0.2) is 35.5 Å². The molecule has 6 nitrogen and oxygen atoms in total. The van der Waals surface area contributed by atoms with Crippen LogP contribution in [0, 0.1) is 5.92 Å². The fraction of sp³-hybridized carbons (Fsp3) is 0.731. The van der Waals surface area contributed by atoms with E-state index in [2.05, 4.69) is 58.2 Å². The lowest BCUT2D eigenvalue weighted by molar-refractivity contribution is -0.170. The predicted molar refractivity (Wildman–Crippen MR) is 125 cm³/mol. The van der Waals surface area contributed by atoms with Gasteiger partial charge in [0.2, 0.25) is 0 Å². The molecule has 0 amide bonds. The Labute approximate surface area is 193 Å². The van der Waals surface area contributed by atoms with E-state index in [1.165, 1.54) is 11.1 Å². The maximum absolute atomic E-state index is 12.5. The summed E-state index contributed by atoms with van der Waals surface area (Å²) in [7, 11) is 1.70. The summed E-state index contributed by atoms with van der Waals surface area (Å²) in [6.45, 7) is 12.1. The first-order valence-electron chi connectivity index (χ1n) is 12.0. The van der Waals surface area contributed by atoms with Gasteiger partial charge in [-0.25, -0.2) is 0 Å². The Balaban J connectivity index is 1.56. The summed E-state index contributed by atoms with van der Waals surface area (Å²) < 4.78 is 24.0. The van der Waals surface area contributed by atoms with Gasteiger partial charge in [-0.15, -0.1) is 0 Å². The Morgan fingerprint density at radius 3 is 2.62 bits per heavy atom. The molecule has 180 valence electrons. The molecule has 3 aliphatic rings. The van der Waals surface area contributed by atoms with Crippen LogP contribution in [0.2, 0.25) is 0 Å². The van der Waals surface area contributed by atoms with Crippen LogP contribution in [0.4, 0.5) is 0 Å². The second-order valence-corrected chi connectivity index (χ2v) is 9.80.